The number of anilines is 1. The summed E-state index contributed by atoms with van der Waals surface area (Å²) in [6.45, 7) is 2.87. The van der Waals surface area contributed by atoms with Crippen molar-refractivity contribution >= 4 is 23.2 Å². The summed E-state index contributed by atoms with van der Waals surface area (Å²) < 4.78 is 44.7. The van der Waals surface area contributed by atoms with Crippen molar-refractivity contribution in [2.24, 2.45) is 0 Å². The summed E-state index contributed by atoms with van der Waals surface area (Å²) >= 11 is 0. The van der Waals surface area contributed by atoms with Crippen LogP contribution >= 0.6 is 0 Å². The van der Waals surface area contributed by atoms with Gasteiger partial charge >= 0.3 is 12.1 Å². The fourth-order valence-electron chi connectivity index (χ4n) is 4.79. The number of aliphatic hydroxyl groups excluding tert-OH is 1. The number of carbonyl (C=O) groups excluding carboxylic acids is 1. The van der Waals surface area contributed by atoms with Gasteiger partial charge in [0.25, 0.3) is 5.91 Å². The molecule has 1 amide bonds. The molecular weight excluding hydrogens is 609 g/mol. The number of methoxy groups -OCH3 is 1. The summed E-state index contributed by atoms with van der Waals surface area (Å²) in [5, 5.41) is 30.1. The number of fused-ring (bicyclic) bond motifs is 1. The van der Waals surface area contributed by atoms with Crippen molar-refractivity contribution in [3.8, 4) is 22.9 Å². The maximum atomic E-state index is 13.1. The molecule has 4 heterocycles. The number of aliphatic carboxylic acids is 1. The van der Waals surface area contributed by atoms with E-state index in [1.54, 1.807) is 24.0 Å². The van der Waals surface area contributed by atoms with Gasteiger partial charge in [0.1, 0.15) is 17.6 Å². The van der Waals surface area contributed by atoms with E-state index in [1.165, 1.54) is 6.20 Å². The molecule has 12 nitrogen and oxygen atoms in total. The van der Waals surface area contributed by atoms with Gasteiger partial charge in [0.05, 0.1) is 30.1 Å². The number of amides is 1. The standard InChI is InChI=1S/C29H30N6O4.C2HF3O2/c1-38-28(21-6-3-2-4-7-21)29(37)34-12-10-33(11-13-34)26-9-8-22(18-31-26)25-16-24(39-15-5-14-36)20-35-27(25)23(17-30)19-32-35;3-2(4,5)1(6)7/h2-4,6-9,16,18-20,28,36H,5,10-15H2,1H3;(H,6,7)/t28-;/m1./s1. The third-order valence-electron chi connectivity index (χ3n) is 7.06. The molecule has 0 spiro atoms. The van der Waals surface area contributed by atoms with E-state index >= 15 is 0 Å². The monoisotopic (exact) mass is 640 g/mol. The minimum atomic E-state index is -5.08. The van der Waals surface area contributed by atoms with Gasteiger partial charge in [0.15, 0.2) is 6.10 Å². The van der Waals surface area contributed by atoms with E-state index in [-0.39, 0.29) is 12.5 Å². The van der Waals surface area contributed by atoms with Gasteiger partial charge in [-0.15, -0.1) is 0 Å². The van der Waals surface area contributed by atoms with Gasteiger partial charge in [-0.2, -0.15) is 23.5 Å². The summed E-state index contributed by atoms with van der Waals surface area (Å²) in [5.74, 6) is -1.38. The number of nitrogens with zero attached hydrogens (tertiary/aromatic N) is 6. The number of carboxylic acids is 1. The third kappa shape index (κ3) is 8.09. The molecule has 5 rings (SSSR count). The van der Waals surface area contributed by atoms with E-state index < -0.39 is 18.2 Å². The predicted molar refractivity (Wildman–Crippen MR) is 159 cm³/mol. The van der Waals surface area contributed by atoms with Gasteiger partial charge in [-0.05, 0) is 23.8 Å². The van der Waals surface area contributed by atoms with E-state index in [1.807, 2.05) is 53.4 Å². The molecule has 1 aliphatic heterocycles. The Bertz CT molecular complexity index is 1670. The largest absolute Gasteiger partial charge is 0.492 e. The Hall–Kier alpha value is -5.20. The normalized spacial score (nSPS) is 13.8. The number of aromatic nitrogens is 3. The quantitative estimate of drug-likeness (QED) is 0.259. The maximum Gasteiger partial charge on any atom is 0.490 e. The zero-order valence-electron chi connectivity index (χ0n) is 24.7. The van der Waals surface area contributed by atoms with Crippen molar-refractivity contribution in [3.63, 3.8) is 0 Å². The van der Waals surface area contributed by atoms with Crippen molar-refractivity contribution in [2.45, 2.75) is 18.7 Å². The first-order chi connectivity index (χ1) is 22.1. The van der Waals surface area contributed by atoms with Crippen molar-refractivity contribution in [1.29, 1.82) is 5.26 Å². The number of alkyl halides is 3. The lowest BCUT2D eigenvalue weighted by atomic mass is 10.1. The topological polar surface area (TPSA) is 154 Å². The van der Waals surface area contributed by atoms with Crippen molar-refractivity contribution in [1.82, 2.24) is 19.5 Å². The molecule has 242 valence electrons. The Kier molecular flexibility index (Phi) is 11.1. The molecule has 1 saturated heterocycles. The first-order valence-corrected chi connectivity index (χ1v) is 14.1. The van der Waals surface area contributed by atoms with Crippen molar-refractivity contribution < 1.29 is 42.4 Å². The zero-order valence-corrected chi connectivity index (χ0v) is 24.7. The summed E-state index contributed by atoms with van der Waals surface area (Å²) in [6, 6.07) is 17.5. The molecule has 15 heteroatoms. The lowest BCUT2D eigenvalue weighted by molar-refractivity contribution is -0.192. The number of nitriles is 1. The summed E-state index contributed by atoms with van der Waals surface area (Å²) in [7, 11) is 1.56. The van der Waals surface area contributed by atoms with E-state index in [0.29, 0.717) is 56.0 Å². The van der Waals surface area contributed by atoms with Gasteiger partial charge < -0.3 is 29.5 Å². The number of hydrogen-bond acceptors (Lipinski definition) is 9. The number of benzene rings is 1. The fourth-order valence-corrected chi connectivity index (χ4v) is 4.79. The summed E-state index contributed by atoms with van der Waals surface area (Å²) in [4.78, 5) is 30.7. The van der Waals surface area contributed by atoms with Crippen LogP contribution in [0.2, 0.25) is 0 Å². The Balaban J connectivity index is 0.000000617. The average Bonchev–Trinajstić information content (AvgIpc) is 3.48. The second-order valence-corrected chi connectivity index (χ2v) is 10.0. The summed E-state index contributed by atoms with van der Waals surface area (Å²) in [5.41, 5.74) is 3.60. The molecule has 3 aromatic heterocycles. The van der Waals surface area contributed by atoms with E-state index in [2.05, 4.69) is 16.1 Å². The molecule has 1 fully saturated rings. The fraction of sp³-hybridized carbons (Fsp3) is 0.323. The molecule has 1 aliphatic rings. The van der Waals surface area contributed by atoms with Crippen LogP contribution in [0, 0.1) is 11.3 Å². The third-order valence-corrected chi connectivity index (χ3v) is 7.06. The Morgan fingerprint density at radius 1 is 1.09 bits per heavy atom. The van der Waals surface area contributed by atoms with E-state index in [0.717, 1.165) is 22.5 Å². The minimum absolute atomic E-state index is 0.0362. The molecule has 46 heavy (non-hydrogen) atoms. The molecule has 0 radical (unpaired) electrons. The van der Waals surface area contributed by atoms with Crippen LogP contribution in [0.25, 0.3) is 16.6 Å². The minimum Gasteiger partial charge on any atom is -0.492 e. The SMILES string of the molecule is CO[C@@H](C(=O)N1CCN(c2ccc(-c3cc(OCCCO)cn4ncc(C#N)c34)cn2)CC1)c1ccccc1.O=C(O)C(F)(F)F. The molecule has 0 saturated carbocycles. The number of ether oxygens (including phenoxy) is 2. The maximum absolute atomic E-state index is 13.1. The molecule has 2 N–H and O–H groups in total. The number of carbonyl (C=O) groups is 2. The highest BCUT2D eigenvalue weighted by atomic mass is 19.4. The van der Waals surface area contributed by atoms with Crippen LogP contribution in [0.15, 0.2) is 67.1 Å². The number of halogens is 3. The van der Waals surface area contributed by atoms with Crippen LogP contribution in [-0.2, 0) is 14.3 Å². The van der Waals surface area contributed by atoms with E-state index in [4.69, 9.17) is 29.5 Å². The van der Waals surface area contributed by atoms with Crippen LogP contribution in [-0.4, -0.2) is 94.3 Å². The highest BCUT2D eigenvalue weighted by molar-refractivity contribution is 5.85. The number of carboxylic acid groups (broad SMARTS) is 1. The van der Waals surface area contributed by atoms with E-state index in [9.17, 15) is 23.2 Å². The summed E-state index contributed by atoms with van der Waals surface area (Å²) in [6.07, 6.45) is -0.137. The average molecular weight is 641 g/mol. The zero-order chi connectivity index (χ0) is 33.3. The Morgan fingerprint density at radius 3 is 2.35 bits per heavy atom. The number of rotatable bonds is 9. The van der Waals surface area contributed by atoms with Crippen LogP contribution in [0.1, 0.15) is 23.7 Å². The van der Waals surface area contributed by atoms with Crippen molar-refractivity contribution in [3.05, 3.63) is 78.2 Å². The first kappa shape index (κ1) is 33.7. The predicted octanol–water partition coefficient (Wildman–Crippen LogP) is 3.70. The second kappa shape index (κ2) is 15.2. The lowest BCUT2D eigenvalue weighted by Crippen LogP contribution is -2.50. The van der Waals surface area contributed by atoms with Gasteiger partial charge in [0, 0.05) is 63.6 Å². The van der Waals surface area contributed by atoms with Gasteiger partial charge in [0.2, 0.25) is 0 Å². The highest BCUT2D eigenvalue weighted by Gasteiger charge is 2.38. The number of hydrogen-bond donors (Lipinski definition) is 2. The van der Waals surface area contributed by atoms with Crippen LogP contribution in [0.5, 0.6) is 5.75 Å². The molecule has 4 aromatic rings. The number of aliphatic hydroxyl groups is 1. The van der Waals surface area contributed by atoms with Gasteiger partial charge in [-0.1, -0.05) is 30.3 Å². The van der Waals surface area contributed by atoms with Crippen LogP contribution < -0.4 is 9.64 Å². The molecule has 0 unspecified atom stereocenters. The van der Waals surface area contributed by atoms with Crippen LogP contribution in [0.3, 0.4) is 0 Å². The highest BCUT2D eigenvalue weighted by Crippen LogP contribution is 2.31. The second-order valence-electron chi connectivity index (χ2n) is 10.0. The number of pyridine rings is 2. The molecule has 1 aromatic carbocycles. The molecule has 0 bridgehead atoms. The van der Waals surface area contributed by atoms with Crippen LogP contribution in [0.4, 0.5) is 19.0 Å². The molecular formula is C31H31F3N6O6. The molecule has 1 atom stereocenters. The lowest BCUT2D eigenvalue weighted by Gasteiger charge is -2.36. The molecule has 0 aliphatic carbocycles. The van der Waals surface area contributed by atoms with Crippen molar-refractivity contribution in [2.75, 3.05) is 51.4 Å². The Morgan fingerprint density at radius 2 is 1.78 bits per heavy atom. The smallest absolute Gasteiger partial charge is 0.490 e. The first-order valence-electron chi connectivity index (χ1n) is 14.1. The van der Waals surface area contributed by atoms with Gasteiger partial charge in [-0.25, -0.2) is 14.3 Å². The Labute approximate surface area is 261 Å². The van der Waals surface area contributed by atoms with Gasteiger partial charge in [-0.3, -0.25) is 4.79 Å². The number of piperazine rings is 1.